The Morgan fingerprint density at radius 3 is 2.52 bits per heavy atom. The van der Waals surface area contributed by atoms with Crippen LogP contribution in [-0.2, 0) is 16.0 Å². The predicted octanol–water partition coefficient (Wildman–Crippen LogP) is 3.94. The highest BCUT2D eigenvalue weighted by Gasteiger charge is 2.26. The van der Waals surface area contributed by atoms with Crippen LogP contribution in [0.15, 0.2) is 36.4 Å². The molecule has 0 saturated carbocycles. The first-order valence-corrected chi connectivity index (χ1v) is 14.3. The first-order chi connectivity index (χ1) is 21.0. The van der Waals surface area contributed by atoms with E-state index in [-0.39, 0.29) is 23.1 Å². The third kappa shape index (κ3) is 6.50. The summed E-state index contributed by atoms with van der Waals surface area (Å²) in [5.41, 5.74) is 5.39. The van der Waals surface area contributed by atoms with Crippen LogP contribution in [0, 0.1) is 19.7 Å². The zero-order valence-corrected chi connectivity index (χ0v) is 25.1. The van der Waals surface area contributed by atoms with Crippen molar-refractivity contribution in [3.05, 3.63) is 75.9 Å². The minimum Gasteiger partial charge on any atom is -0.497 e. The number of piperazine rings is 1. The summed E-state index contributed by atoms with van der Waals surface area (Å²) in [6, 6.07) is 7.70. The highest BCUT2D eigenvalue weighted by molar-refractivity contribution is 6.35. The lowest BCUT2D eigenvalue weighted by Gasteiger charge is -2.32. The second-order valence-electron chi connectivity index (χ2n) is 11.0. The summed E-state index contributed by atoms with van der Waals surface area (Å²) in [5.74, 6) is -1.65. The number of hydrogen-bond donors (Lipinski definition) is 4. The van der Waals surface area contributed by atoms with Crippen molar-refractivity contribution >= 4 is 46.8 Å². The maximum Gasteiger partial charge on any atom is 0.326 e. The van der Waals surface area contributed by atoms with Gasteiger partial charge in [0.2, 0.25) is 5.91 Å². The normalized spacial score (nSPS) is 15.6. The number of amides is 5. The Balaban J connectivity index is 1.25. The highest BCUT2D eigenvalue weighted by Crippen LogP contribution is 2.36. The number of halogens is 1. The molecule has 12 heteroatoms. The van der Waals surface area contributed by atoms with Gasteiger partial charge in [-0.25, -0.2) is 9.18 Å². The summed E-state index contributed by atoms with van der Waals surface area (Å²) in [4.78, 5) is 58.0. The minimum atomic E-state index is -0.915. The number of aromatic amines is 1. The second kappa shape index (κ2) is 12.7. The smallest absolute Gasteiger partial charge is 0.326 e. The maximum atomic E-state index is 14.2. The second-order valence-corrected chi connectivity index (χ2v) is 11.0. The lowest BCUT2D eigenvalue weighted by molar-refractivity contribution is -0.132. The summed E-state index contributed by atoms with van der Waals surface area (Å²) >= 11 is 0. The molecule has 0 radical (unpaired) electrons. The summed E-state index contributed by atoms with van der Waals surface area (Å²) in [6.45, 7) is 7.19. The molecule has 0 bridgehead atoms. The first kappa shape index (κ1) is 30.5. The van der Waals surface area contributed by atoms with Gasteiger partial charge in [0.15, 0.2) is 0 Å². The fourth-order valence-corrected chi connectivity index (χ4v) is 5.48. The third-order valence-electron chi connectivity index (χ3n) is 8.07. The molecule has 0 spiro atoms. The van der Waals surface area contributed by atoms with Crippen LogP contribution in [0.25, 0.3) is 11.6 Å². The van der Waals surface area contributed by atoms with E-state index in [0.717, 1.165) is 54.8 Å². The molecule has 0 aliphatic carbocycles. The van der Waals surface area contributed by atoms with Crippen molar-refractivity contribution in [1.29, 1.82) is 0 Å². The zero-order chi connectivity index (χ0) is 31.5. The average Bonchev–Trinajstić information content (AvgIpc) is 3.44. The predicted molar refractivity (Wildman–Crippen MR) is 165 cm³/mol. The molecule has 1 saturated heterocycles. The number of ether oxygens (including phenoxy) is 1. The van der Waals surface area contributed by atoms with Gasteiger partial charge >= 0.3 is 6.03 Å². The summed E-state index contributed by atoms with van der Waals surface area (Å²) < 4.78 is 19.1. The summed E-state index contributed by atoms with van der Waals surface area (Å²) in [5, 5.41) is 7.44. The number of likely N-dealkylation sites (N-methyl/N-ethyl adjacent to an activating group) is 1. The molecular weight excluding hydrogens is 567 g/mol. The number of benzene rings is 2. The van der Waals surface area contributed by atoms with Crippen LogP contribution in [0.3, 0.4) is 0 Å². The van der Waals surface area contributed by atoms with Crippen molar-refractivity contribution in [3.8, 4) is 5.75 Å². The number of aromatic nitrogens is 1. The molecule has 3 aromatic rings. The van der Waals surface area contributed by atoms with Crippen LogP contribution >= 0.6 is 0 Å². The molecule has 5 amide bonds. The van der Waals surface area contributed by atoms with Gasteiger partial charge in [-0.05, 0) is 68.8 Å². The van der Waals surface area contributed by atoms with Crippen LogP contribution in [0.5, 0.6) is 5.75 Å². The van der Waals surface area contributed by atoms with E-state index in [1.165, 1.54) is 19.2 Å². The Morgan fingerprint density at radius 2 is 1.82 bits per heavy atom. The highest BCUT2D eigenvalue weighted by atomic mass is 19.1. The molecule has 2 aromatic carbocycles. The van der Waals surface area contributed by atoms with Gasteiger partial charge in [0, 0.05) is 61.3 Å². The van der Waals surface area contributed by atoms with Crippen LogP contribution < -0.4 is 20.7 Å². The molecule has 0 atom stereocenters. The number of anilines is 2. The van der Waals surface area contributed by atoms with E-state index < -0.39 is 17.8 Å². The van der Waals surface area contributed by atoms with E-state index in [0.29, 0.717) is 35.4 Å². The molecule has 11 nitrogen and oxygen atoms in total. The number of aryl methyl sites for hydroxylation is 1. The fraction of sp³-hybridized carbons (Fsp3) is 0.312. The molecule has 1 aromatic heterocycles. The molecule has 5 rings (SSSR count). The molecule has 2 aliphatic rings. The number of H-pyrrole nitrogens is 1. The van der Waals surface area contributed by atoms with E-state index in [9.17, 15) is 23.6 Å². The third-order valence-corrected chi connectivity index (χ3v) is 8.07. The van der Waals surface area contributed by atoms with Crippen molar-refractivity contribution in [1.82, 2.24) is 20.1 Å². The Labute approximate surface area is 254 Å². The SMILES string of the molecule is COc1ccc(C(=O)NC(=O)Nc2ccc3c(c2)NC(=O)C3=Cc2[nH]c(C)c(CCC(=O)N3CCN(C)CC3)c2C)c(F)c1. The summed E-state index contributed by atoms with van der Waals surface area (Å²) in [6.07, 6.45) is 2.82. The number of carbonyl (C=O) groups is 4. The van der Waals surface area contributed by atoms with Gasteiger partial charge in [0.1, 0.15) is 11.6 Å². The fourth-order valence-electron chi connectivity index (χ4n) is 5.48. The number of carbonyl (C=O) groups excluding carboxylic acids is 4. The average molecular weight is 603 g/mol. The van der Waals surface area contributed by atoms with Crippen LogP contribution in [0.1, 0.15) is 44.9 Å². The van der Waals surface area contributed by atoms with Crippen LogP contribution in [0.4, 0.5) is 20.6 Å². The van der Waals surface area contributed by atoms with Gasteiger partial charge in [-0.2, -0.15) is 0 Å². The van der Waals surface area contributed by atoms with E-state index in [2.05, 4.69) is 32.9 Å². The van der Waals surface area contributed by atoms with E-state index in [1.807, 2.05) is 18.7 Å². The Morgan fingerprint density at radius 1 is 1.07 bits per heavy atom. The van der Waals surface area contributed by atoms with Gasteiger partial charge in [-0.1, -0.05) is 6.07 Å². The topological polar surface area (TPSA) is 136 Å². The molecule has 3 heterocycles. The Kier molecular flexibility index (Phi) is 8.81. The molecular formula is C32H35FN6O5. The molecule has 230 valence electrons. The maximum absolute atomic E-state index is 14.2. The number of nitrogens with zero attached hydrogens (tertiary/aromatic N) is 2. The van der Waals surface area contributed by atoms with Crippen molar-refractivity contribution < 1.29 is 28.3 Å². The van der Waals surface area contributed by atoms with Gasteiger partial charge in [-0.15, -0.1) is 0 Å². The molecule has 1 fully saturated rings. The quantitative estimate of drug-likeness (QED) is 0.303. The van der Waals surface area contributed by atoms with Crippen LogP contribution in [0.2, 0.25) is 0 Å². The standard InChI is InChI=1S/C32H35FN6O5/c1-18-22(9-10-29(40)39-13-11-38(3)12-14-39)19(2)34-27(18)17-25-23-7-5-20(15-28(23)36-31(25)42)35-32(43)37-30(41)24-8-6-21(44-4)16-26(24)33/h5-8,15-17,34H,9-14H2,1-4H3,(H,36,42)(H2,35,37,41,43). The number of urea groups is 1. The van der Waals surface area contributed by atoms with Crippen molar-refractivity contribution in [2.45, 2.75) is 26.7 Å². The van der Waals surface area contributed by atoms with Crippen LogP contribution in [-0.4, -0.2) is 78.9 Å². The van der Waals surface area contributed by atoms with Crippen molar-refractivity contribution in [2.24, 2.45) is 0 Å². The Hall–Kier alpha value is -4.97. The number of hydrogen-bond acceptors (Lipinski definition) is 6. The number of rotatable bonds is 7. The number of imide groups is 1. The molecule has 4 N–H and O–H groups in total. The van der Waals surface area contributed by atoms with Gasteiger partial charge in [0.25, 0.3) is 11.8 Å². The lowest BCUT2D eigenvalue weighted by Crippen LogP contribution is -2.47. The largest absolute Gasteiger partial charge is 0.497 e. The van der Waals surface area contributed by atoms with Crippen molar-refractivity contribution in [2.75, 3.05) is 51.0 Å². The van der Waals surface area contributed by atoms with E-state index in [4.69, 9.17) is 4.74 Å². The molecule has 2 aliphatic heterocycles. The zero-order valence-electron chi connectivity index (χ0n) is 25.1. The number of fused-ring (bicyclic) bond motifs is 1. The van der Waals surface area contributed by atoms with E-state index in [1.54, 1.807) is 24.3 Å². The minimum absolute atomic E-state index is 0.150. The van der Waals surface area contributed by atoms with Crippen molar-refractivity contribution in [3.63, 3.8) is 0 Å². The summed E-state index contributed by atoms with van der Waals surface area (Å²) in [7, 11) is 3.43. The van der Waals surface area contributed by atoms with Gasteiger partial charge in [-0.3, -0.25) is 19.7 Å². The Bertz CT molecular complexity index is 1670. The van der Waals surface area contributed by atoms with Gasteiger partial charge in [0.05, 0.1) is 23.9 Å². The van der Waals surface area contributed by atoms with E-state index >= 15 is 0 Å². The number of methoxy groups -OCH3 is 1. The monoisotopic (exact) mass is 602 g/mol. The number of nitrogens with one attached hydrogen (secondary N) is 4. The first-order valence-electron chi connectivity index (χ1n) is 14.3. The lowest BCUT2D eigenvalue weighted by atomic mass is 10.0. The molecule has 0 unspecified atom stereocenters. The molecule has 44 heavy (non-hydrogen) atoms. The van der Waals surface area contributed by atoms with Gasteiger partial charge < -0.3 is 30.2 Å².